The number of halogens is 1. The molecule has 1 N–H and O–H groups in total. The van der Waals surface area contributed by atoms with Gasteiger partial charge in [-0.25, -0.2) is 4.98 Å². The van der Waals surface area contributed by atoms with Gasteiger partial charge in [0.05, 0.1) is 18.0 Å². The zero-order valence-electron chi connectivity index (χ0n) is 8.15. The molecule has 2 aromatic heterocycles. The number of aliphatic hydroxyl groups is 1. The lowest BCUT2D eigenvalue weighted by atomic mass is 10.2. The molecule has 0 aliphatic heterocycles. The van der Waals surface area contributed by atoms with Crippen LogP contribution in [0.5, 0.6) is 0 Å². The van der Waals surface area contributed by atoms with Crippen LogP contribution in [0.3, 0.4) is 0 Å². The minimum atomic E-state index is 0.0765. The number of aromatic nitrogens is 2. The molecule has 1 saturated carbocycles. The highest BCUT2D eigenvalue weighted by atomic mass is 127. The SMILES string of the molecule is OCc1c(C2CC2)nc2ccc(I)cn12. The molecule has 2 heterocycles. The highest BCUT2D eigenvalue weighted by Gasteiger charge is 2.29. The lowest BCUT2D eigenvalue weighted by Gasteiger charge is -2.00. The Hall–Kier alpha value is -0.620. The fraction of sp³-hybridized carbons (Fsp3) is 0.364. The van der Waals surface area contributed by atoms with Crippen LogP contribution in [0, 0.1) is 3.57 Å². The summed E-state index contributed by atoms with van der Waals surface area (Å²) in [5.41, 5.74) is 3.01. The Bertz CT molecular complexity index is 517. The maximum Gasteiger partial charge on any atom is 0.137 e. The second-order valence-electron chi connectivity index (χ2n) is 3.95. The molecule has 3 rings (SSSR count). The van der Waals surface area contributed by atoms with Gasteiger partial charge in [-0.1, -0.05) is 0 Å². The van der Waals surface area contributed by atoms with Crippen molar-refractivity contribution in [3.8, 4) is 0 Å². The van der Waals surface area contributed by atoms with Gasteiger partial charge in [-0.15, -0.1) is 0 Å². The summed E-state index contributed by atoms with van der Waals surface area (Å²) in [6.45, 7) is 0.0765. The molecular weight excluding hydrogens is 303 g/mol. The molecule has 0 unspecified atom stereocenters. The number of aliphatic hydroxyl groups excluding tert-OH is 1. The first-order chi connectivity index (χ1) is 7.29. The van der Waals surface area contributed by atoms with Gasteiger partial charge in [-0.2, -0.15) is 0 Å². The van der Waals surface area contributed by atoms with Gasteiger partial charge in [0.2, 0.25) is 0 Å². The van der Waals surface area contributed by atoms with Gasteiger partial charge in [0.25, 0.3) is 0 Å². The van der Waals surface area contributed by atoms with Crippen LogP contribution in [-0.2, 0) is 6.61 Å². The molecule has 0 saturated heterocycles. The van der Waals surface area contributed by atoms with E-state index >= 15 is 0 Å². The fourth-order valence-corrected chi connectivity index (χ4v) is 2.38. The van der Waals surface area contributed by atoms with Gasteiger partial charge in [0, 0.05) is 15.7 Å². The minimum Gasteiger partial charge on any atom is -0.390 e. The molecule has 2 aromatic rings. The average molecular weight is 314 g/mol. The van der Waals surface area contributed by atoms with E-state index in [2.05, 4.69) is 27.6 Å². The quantitative estimate of drug-likeness (QED) is 0.864. The Morgan fingerprint density at radius 2 is 2.27 bits per heavy atom. The van der Waals surface area contributed by atoms with Gasteiger partial charge < -0.3 is 9.51 Å². The van der Waals surface area contributed by atoms with Crippen molar-refractivity contribution in [1.29, 1.82) is 0 Å². The van der Waals surface area contributed by atoms with Crippen LogP contribution < -0.4 is 0 Å². The third kappa shape index (κ3) is 1.56. The Labute approximate surface area is 101 Å². The van der Waals surface area contributed by atoms with E-state index in [1.54, 1.807) is 0 Å². The average Bonchev–Trinajstić information content (AvgIpc) is 3.00. The first-order valence-electron chi connectivity index (χ1n) is 5.07. The van der Waals surface area contributed by atoms with Crippen molar-refractivity contribution >= 4 is 28.2 Å². The van der Waals surface area contributed by atoms with Crippen LogP contribution in [0.4, 0.5) is 0 Å². The summed E-state index contributed by atoms with van der Waals surface area (Å²) >= 11 is 2.27. The lowest BCUT2D eigenvalue weighted by molar-refractivity contribution is 0.274. The van der Waals surface area contributed by atoms with Crippen LogP contribution in [0.2, 0.25) is 0 Å². The van der Waals surface area contributed by atoms with E-state index in [1.165, 1.54) is 12.8 Å². The van der Waals surface area contributed by atoms with Crippen LogP contribution in [0.25, 0.3) is 5.65 Å². The summed E-state index contributed by atoms with van der Waals surface area (Å²) in [5, 5.41) is 9.41. The molecule has 0 radical (unpaired) electrons. The molecule has 0 aromatic carbocycles. The molecule has 1 aliphatic rings. The number of nitrogens with zero attached hydrogens (tertiary/aromatic N) is 2. The Morgan fingerprint density at radius 1 is 1.47 bits per heavy atom. The van der Waals surface area contributed by atoms with Crippen molar-refractivity contribution in [3.05, 3.63) is 33.3 Å². The molecule has 3 nitrogen and oxygen atoms in total. The second-order valence-corrected chi connectivity index (χ2v) is 5.20. The van der Waals surface area contributed by atoms with E-state index in [0.29, 0.717) is 5.92 Å². The van der Waals surface area contributed by atoms with E-state index in [1.807, 2.05) is 22.7 Å². The fourth-order valence-electron chi connectivity index (χ4n) is 1.93. The van der Waals surface area contributed by atoms with Gasteiger partial charge in [-0.3, -0.25) is 0 Å². The minimum absolute atomic E-state index is 0.0765. The molecule has 4 heteroatoms. The molecule has 1 aliphatic carbocycles. The zero-order chi connectivity index (χ0) is 10.4. The number of pyridine rings is 1. The summed E-state index contributed by atoms with van der Waals surface area (Å²) < 4.78 is 3.17. The van der Waals surface area contributed by atoms with E-state index in [4.69, 9.17) is 0 Å². The predicted molar refractivity (Wildman–Crippen MR) is 65.8 cm³/mol. The number of imidazole rings is 1. The second kappa shape index (κ2) is 3.45. The van der Waals surface area contributed by atoms with E-state index < -0.39 is 0 Å². The number of hydrogen-bond acceptors (Lipinski definition) is 2. The Morgan fingerprint density at radius 3 is 2.93 bits per heavy atom. The topological polar surface area (TPSA) is 37.5 Å². The first-order valence-corrected chi connectivity index (χ1v) is 6.14. The van der Waals surface area contributed by atoms with Crippen molar-refractivity contribution in [2.45, 2.75) is 25.4 Å². The monoisotopic (exact) mass is 314 g/mol. The maximum absolute atomic E-state index is 9.41. The zero-order valence-corrected chi connectivity index (χ0v) is 10.3. The maximum atomic E-state index is 9.41. The predicted octanol–water partition coefficient (Wildman–Crippen LogP) is 2.31. The molecule has 15 heavy (non-hydrogen) atoms. The number of rotatable bonds is 2. The van der Waals surface area contributed by atoms with Crippen molar-refractivity contribution < 1.29 is 5.11 Å². The van der Waals surface area contributed by atoms with Crippen LogP contribution in [-0.4, -0.2) is 14.5 Å². The van der Waals surface area contributed by atoms with Crippen LogP contribution >= 0.6 is 22.6 Å². The van der Waals surface area contributed by atoms with Crippen molar-refractivity contribution in [2.24, 2.45) is 0 Å². The molecule has 78 valence electrons. The molecule has 0 amide bonds. The van der Waals surface area contributed by atoms with Crippen molar-refractivity contribution in [2.75, 3.05) is 0 Å². The van der Waals surface area contributed by atoms with E-state index in [0.717, 1.165) is 20.6 Å². The standard InChI is InChI=1S/C11H11IN2O/c12-8-3-4-10-13-11(7-1-2-7)9(6-15)14(10)5-8/h3-5,7,15H,1-2,6H2. The summed E-state index contributed by atoms with van der Waals surface area (Å²) in [6, 6.07) is 4.05. The smallest absolute Gasteiger partial charge is 0.137 e. The van der Waals surface area contributed by atoms with Crippen LogP contribution in [0.15, 0.2) is 18.3 Å². The van der Waals surface area contributed by atoms with Gasteiger partial charge in [-0.05, 0) is 47.6 Å². The summed E-state index contributed by atoms with van der Waals surface area (Å²) in [5.74, 6) is 0.588. The van der Waals surface area contributed by atoms with Gasteiger partial charge in [0.1, 0.15) is 5.65 Å². The number of fused-ring (bicyclic) bond motifs is 1. The third-order valence-corrected chi connectivity index (χ3v) is 3.46. The first kappa shape index (κ1) is 9.59. The largest absolute Gasteiger partial charge is 0.390 e. The van der Waals surface area contributed by atoms with E-state index in [-0.39, 0.29) is 6.61 Å². The van der Waals surface area contributed by atoms with Gasteiger partial charge >= 0.3 is 0 Å². The van der Waals surface area contributed by atoms with Crippen LogP contribution in [0.1, 0.15) is 30.1 Å². The number of hydrogen-bond donors (Lipinski definition) is 1. The van der Waals surface area contributed by atoms with E-state index in [9.17, 15) is 5.11 Å². The molecule has 1 fully saturated rings. The summed E-state index contributed by atoms with van der Waals surface area (Å²) in [4.78, 5) is 4.59. The molecule has 0 spiro atoms. The molecular formula is C11H11IN2O. The van der Waals surface area contributed by atoms with Crippen molar-refractivity contribution in [3.63, 3.8) is 0 Å². The molecule has 0 bridgehead atoms. The highest BCUT2D eigenvalue weighted by Crippen LogP contribution is 2.41. The lowest BCUT2D eigenvalue weighted by Crippen LogP contribution is -1.95. The summed E-state index contributed by atoms with van der Waals surface area (Å²) in [7, 11) is 0. The van der Waals surface area contributed by atoms with Gasteiger partial charge in [0.15, 0.2) is 0 Å². The molecule has 0 atom stereocenters. The summed E-state index contributed by atoms with van der Waals surface area (Å²) in [6.07, 6.45) is 4.46. The third-order valence-electron chi connectivity index (χ3n) is 2.83. The Balaban J connectivity index is 2.27. The Kier molecular flexibility index (Phi) is 2.21. The normalized spacial score (nSPS) is 16.1. The highest BCUT2D eigenvalue weighted by molar-refractivity contribution is 14.1. The van der Waals surface area contributed by atoms with Crippen molar-refractivity contribution in [1.82, 2.24) is 9.38 Å².